The van der Waals surface area contributed by atoms with Gasteiger partial charge in [0.2, 0.25) is 23.6 Å². The number of aldehydes is 1. The topological polar surface area (TPSA) is 186 Å². The number of hydrogen-bond acceptors (Lipinski definition) is 7. The van der Waals surface area contributed by atoms with Gasteiger partial charge >= 0.3 is 0 Å². The zero-order chi connectivity index (χ0) is 37.8. The van der Waals surface area contributed by atoms with Gasteiger partial charge in [-0.3, -0.25) is 24.0 Å². The van der Waals surface area contributed by atoms with Crippen molar-refractivity contribution in [3.05, 3.63) is 65.2 Å². The summed E-state index contributed by atoms with van der Waals surface area (Å²) in [4.78, 5) is 68.1. The maximum absolute atomic E-state index is 14.5. The summed E-state index contributed by atoms with van der Waals surface area (Å²) >= 11 is 0. The van der Waals surface area contributed by atoms with Gasteiger partial charge in [-0.15, -0.1) is 0 Å². The Morgan fingerprint density at radius 3 is 2.26 bits per heavy atom. The van der Waals surface area contributed by atoms with E-state index < -0.39 is 42.1 Å². The molecule has 2 aliphatic rings. The number of fused-ring (bicyclic) bond motifs is 1. The van der Waals surface area contributed by atoms with E-state index in [4.69, 9.17) is 4.74 Å². The first-order valence-corrected chi connectivity index (χ1v) is 19.0. The molecule has 0 bridgehead atoms. The molecule has 1 fully saturated rings. The van der Waals surface area contributed by atoms with Gasteiger partial charge in [-0.25, -0.2) is 0 Å². The molecule has 53 heavy (non-hydrogen) atoms. The van der Waals surface area contributed by atoms with Gasteiger partial charge in [-0.2, -0.15) is 0 Å². The van der Waals surface area contributed by atoms with Crippen molar-refractivity contribution in [1.29, 1.82) is 0 Å². The van der Waals surface area contributed by atoms with Gasteiger partial charge in [0.25, 0.3) is 0 Å². The van der Waals surface area contributed by atoms with Crippen LogP contribution in [0.15, 0.2) is 48.5 Å². The van der Waals surface area contributed by atoms with Crippen molar-refractivity contribution in [2.24, 2.45) is 17.8 Å². The molecule has 0 saturated heterocycles. The highest BCUT2D eigenvalue weighted by Gasteiger charge is 2.40. The monoisotopic (exact) mass is 736 g/mol. The number of nitrogens with zero attached hydrogens (tertiary/aromatic N) is 1. The number of aliphatic hydroxyl groups is 1. The van der Waals surface area contributed by atoms with Crippen LogP contribution in [0.1, 0.15) is 114 Å². The Bertz CT molecular complexity index is 1510. The molecule has 5 atom stereocenters. The van der Waals surface area contributed by atoms with Crippen LogP contribution >= 0.6 is 0 Å². The van der Waals surface area contributed by atoms with Crippen LogP contribution in [0.4, 0.5) is 0 Å². The van der Waals surface area contributed by atoms with Gasteiger partial charge < -0.3 is 36.2 Å². The van der Waals surface area contributed by atoms with Crippen LogP contribution in [0.25, 0.3) is 0 Å². The second-order valence-corrected chi connectivity index (χ2v) is 15.4. The molecule has 2 aromatic rings. The predicted octanol–water partition coefficient (Wildman–Crippen LogP) is 4.08. The van der Waals surface area contributed by atoms with Crippen LogP contribution < -0.4 is 20.7 Å². The molecule has 292 valence electrons. The van der Waals surface area contributed by atoms with E-state index in [0.717, 1.165) is 44.0 Å². The number of carbonyl (C=O) groups is 5. The maximum Gasteiger partial charge on any atom is 0.243 e. The molecule has 4 amide bonds. The highest BCUT2D eigenvalue weighted by Crippen LogP contribution is 2.38. The fourth-order valence-corrected chi connectivity index (χ4v) is 7.40. The highest BCUT2D eigenvalue weighted by molar-refractivity contribution is 5.92. The van der Waals surface area contributed by atoms with Crippen molar-refractivity contribution in [3.63, 3.8) is 0 Å². The summed E-state index contributed by atoms with van der Waals surface area (Å²) in [5.74, 6) is -0.451. The van der Waals surface area contributed by atoms with Crippen LogP contribution in [-0.2, 0) is 25.6 Å². The standard InChI is InChI=1S/C41H58N4O7.H2O/c1-26(2)18-34(40(50)43-33(20-29-12-8-6-9-13-29)37(48)22-39(49)42-23-27(3)4)44-41(51)35(21-30-14-10-7-11-15-30)45(28(5)47)36-25-52-38-17-16-31(24-46)19-32(36)38;/h7,10-11,14-17,19,24,26-27,29,33-37,48H,6,8-9,12-13,18,20-23,25H2,1-5H3,(H,42,49)(H,43,50)(H,44,51);1H2/t33?,34-,35-,36?,37?;/m0./s1. The van der Waals surface area contributed by atoms with Gasteiger partial charge in [0.05, 0.1) is 24.6 Å². The minimum Gasteiger partial charge on any atom is -0.491 e. The summed E-state index contributed by atoms with van der Waals surface area (Å²) in [5.41, 5.74) is 1.89. The summed E-state index contributed by atoms with van der Waals surface area (Å²) in [5, 5.41) is 20.3. The molecule has 6 N–H and O–H groups in total. The van der Waals surface area contributed by atoms with Crippen LogP contribution in [-0.4, -0.2) is 82.8 Å². The van der Waals surface area contributed by atoms with Crippen LogP contribution in [0.5, 0.6) is 5.75 Å². The van der Waals surface area contributed by atoms with Crippen molar-refractivity contribution in [2.75, 3.05) is 13.2 Å². The summed E-state index contributed by atoms with van der Waals surface area (Å²) in [6.45, 7) is 9.91. The smallest absolute Gasteiger partial charge is 0.243 e. The number of hydrogen-bond donors (Lipinski definition) is 4. The molecule has 1 aliphatic heterocycles. The first-order valence-electron chi connectivity index (χ1n) is 19.0. The third-order valence-electron chi connectivity index (χ3n) is 10.1. The second kappa shape index (κ2) is 20.8. The van der Waals surface area contributed by atoms with Crippen molar-refractivity contribution in [1.82, 2.24) is 20.9 Å². The number of carbonyl (C=O) groups excluding carboxylic acids is 5. The van der Waals surface area contributed by atoms with Gasteiger partial charge in [-0.1, -0.05) is 90.1 Å². The second-order valence-electron chi connectivity index (χ2n) is 15.4. The van der Waals surface area contributed by atoms with Crippen molar-refractivity contribution >= 4 is 29.9 Å². The lowest BCUT2D eigenvalue weighted by atomic mass is 9.83. The van der Waals surface area contributed by atoms with Gasteiger partial charge in [0, 0.05) is 31.0 Å². The summed E-state index contributed by atoms with van der Waals surface area (Å²) < 4.78 is 5.92. The van der Waals surface area contributed by atoms with Crippen molar-refractivity contribution in [2.45, 2.75) is 123 Å². The van der Waals surface area contributed by atoms with Crippen molar-refractivity contribution in [3.8, 4) is 5.75 Å². The van der Waals surface area contributed by atoms with E-state index >= 15 is 0 Å². The zero-order valence-corrected chi connectivity index (χ0v) is 31.9. The predicted molar refractivity (Wildman–Crippen MR) is 203 cm³/mol. The van der Waals surface area contributed by atoms with Gasteiger partial charge in [0.15, 0.2) is 0 Å². The van der Waals surface area contributed by atoms with Gasteiger partial charge in [0.1, 0.15) is 30.7 Å². The lowest BCUT2D eigenvalue weighted by Crippen LogP contribution is -2.58. The molecule has 0 spiro atoms. The molecule has 0 aromatic heterocycles. The van der Waals surface area contributed by atoms with E-state index in [0.29, 0.717) is 42.2 Å². The lowest BCUT2D eigenvalue weighted by Gasteiger charge is -2.36. The average Bonchev–Trinajstić information content (AvgIpc) is 3.52. The highest BCUT2D eigenvalue weighted by atomic mass is 16.5. The molecule has 1 heterocycles. The molecule has 1 aliphatic carbocycles. The molecule has 1 saturated carbocycles. The minimum atomic E-state index is -1.11. The molecule has 0 radical (unpaired) electrons. The van der Waals surface area contributed by atoms with E-state index in [9.17, 15) is 29.1 Å². The van der Waals surface area contributed by atoms with E-state index in [-0.39, 0.29) is 48.6 Å². The fourth-order valence-electron chi connectivity index (χ4n) is 7.40. The van der Waals surface area contributed by atoms with E-state index in [1.165, 1.54) is 11.8 Å². The van der Waals surface area contributed by atoms with E-state index in [1.807, 2.05) is 58.0 Å². The lowest BCUT2D eigenvalue weighted by molar-refractivity contribution is -0.143. The van der Waals surface area contributed by atoms with Gasteiger partial charge in [-0.05, 0) is 54.4 Å². The number of benzene rings is 2. The largest absolute Gasteiger partial charge is 0.491 e. The third-order valence-corrected chi connectivity index (χ3v) is 10.1. The third kappa shape index (κ3) is 12.7. The fraction of sp³-hybridized carbons (Fsp3) is 0.585. The molecule has 12 heteroatoms. The zero-order valence-electron chi connectivity index (χ0n) is 31.9. The molecule has 2 aromatic carbocycles. The Hall–Kier alpha value is -4.29. The van der Waals surface area contributed by atoms with Crippen LogP contribution in [0.2, 0.25) is 0 Å². The number of amides is 4. The molecular weight excluding hydrogens is 676 g/mol. The number of rotatable bonds is 18. The molecule has 12 nitrogen and oxygen atoms in total. The molecule has 4 rings (SSSR count). The van der Waals surface area contributed by atoms with E-state index in [1.54, 1.807) is 18.2 Å². The Kier molecular flexibility index (Phi) is 16.9. The SMILES string of the molecule is CC(=O)N(C1COc2ccc(C=O)cc21)[C@@H](Cc1ccccc1)C(=O)N[C@@H](CC(C)C)C(=O)NC(CC1CCCCC1)C(O)CC(=O)NCC(C)C.O. The normalized spacial score (nSPS) is 17.7. The first kappa shape index (κ1) is 43.1. The molecular formula is C41H60N4O8. The van der Waals surface area contributed by atoms with Crippen LogP contribution in [0.3, 0.4) is 0 Å². The Morgan fingerprint density at radius 1 is 0.943 bits per heavy atom. The quantitative estimate of drug-likeness (QED) is 0.166. The number of aliphatic hydroxyl groups excluding tert-OH is 1. The summed E-state index contributed by atoms with van der Waals surface area (Å²) in [6.07, 6.45) is 5.83. The summed E-state index contributed by atoms with van der Waals surface area (Å²) in [6, 6.07) is 11.1. The number of nitrogens with one attached hydrogen (secondary N) is 3. The average molecular weight is 737 g/mol. The Balaban J connectivity index is 0.00000756. The van der Waals surface area contributed by atoms with Crippen LogP contribution in [0, 0.1) is 17.8 Å². The van der Waals surface area contributed by atoms with E-state index in [2.05, 4.69) is 16.0 Å². The Morgan fingerprint density at radius 2 is 1.64 bits per heavy atom. The molecule has 3 unspecified atom stereocenters. The Labute approximate surface area is 314 Å². The number of ether oxygens (including phenoxy) is 1. The minimum absolute atomic E-state index is 0. The van der Waals surface area contributed by atoms with Crippen molar-refractivity contribution < 1.29 is 39.3 Å². The first-order chi connectivity index (χ1) is 24.9. The maximum atomic E-state index is 14.5. The summed E-state index contributed by atoms with van der Waals surface area (Å²) in [7, 11) is 0.